The third-order valence-corrected chi connectivity index (χ3v) is 5.98. The van der Waals surface area contributed by atoms with Crippen LogP contribution in [-0.2, 0) is 5.41 Å². The van der Waals surface area contributed by atoms with Gasteiger partial charge in [-0.05, 0) is 18.1 Å². The standard InChI is InChI=1S/C17H22N4/c1-16-10-17(16,2)15-20(5)13(18-3)14(19-4)21(15)12-9-7-6-8-11(12)16/h6-9,15H,10H2,1-5H3. The molecule has 4 rings (SSSR count). The lowest BCUT2D eigenvalue weighted by atomic mass is 9.81. The van der Waals surface area contributed by atoms with Gasteiger partial charge in [0.15, 0.2) is 11.7 Å². The first-order chi connectivity index (χ1) is 9.99. The number of nitrogens with zero attached hydrogens (tertiary/aromatic N) is 4. The number of aliphatic imine (C=N–C) groups is 2. The molecule has 0 bridgehead atoms. The van der Waals surface area contributed by atoms with Crippen molar-refractivity contribution in [1.29, 1.82) is 0 Å². The summed E-state index contributed by atoms with van der Waals surface area (Å²) >= 11 is 0. The first kappa shape index (κ1) is 12.9. The van der Waals surface area contributed by atoms with E-state index >= 15 is 0 Å². The van der Waals surface area contributed by atoms with E-state index in [9.17, 15) is 0 Å². The zero-order valence-electron chi connectivity index (χ0n) is 13.4. The van der Waals surface area contributed by atoms with E-state index in [2.05, 4.69) is 64.9 Å². The molecular weight excluding hydrogens is 260 g/mol. The molecule has 2 heterocycles. The second-order valence-electron chi connectivity index (χ2n) is 6.89. The smallest absolute Gasteiger partial charge is 0.173 e. The first-order valence-corrected chi connectivity index (χ1v) is 7.55. The van der Waals surface area contributed by atoms with Gasteiger partial charge in [0, 0.05) is 37.7 Å². The van der Waals surface area contributed by atoms with E-state index in [0.29, 0.717) is 6.17 Å². The SMILES string of the molecule is CN=C1C(=NC)N2c3ccccc3C3(C)CC3(C)C2N1C. The van der Waals surface area contributed by atoms with Crippen molar-refractivity contribution in [2.75, 3.05) is 26.0 Å². The van der Waals surface area contributed by atoms with E-state index in [1.165, 1.54) is 17.7 Å². The first-order valence-electron chi connectivity index (χ1n) is 7.55. The Morgan fingerprint density at radius 3 is 2.43 bits per heavy atom. The maximum absolute atomic E-state index is 4.55. The third-order valence-electron chi connectivity index (χ3n) is 5.98. The summed E-state index contributed by atoms with van der Waals surface area (Å²) in [6, 6.07) is 8.79. The quantitative estimate of drug-likeness (QED) is 0.732. The van der Waals surface area contributed by atoms with Crippen molar-refractivity contribution in [3.63, 3.8) is 0 Å². The van der Waals surface area contributed by atoms with Crippen LogP contribution in [0.5, 0.6) is 0 Å². The number of amidine groups is 2. The van der Waals surface area contributed by atoms with Crippen molar-refractivity contribution in [2.24, 2.45) is 15.4 Å². The Bertz CT molecular complexity index is 692. The highest BCUT2D eigenvalue weighted by atomic mass is 15.5. The molecule has 3 aliphatic rings. The molecule has 1 saturated heterocycles. The molecule has 4 nitrogen and oxygen atoms in total. The number of para-hydroxylation sites is 1. The summed E-state index contributed by atoms with van der Waals surface area (Å²) < 4.78 is 0. The van der Waals surface area contributed by atoms with Gasteiger partial charge in [0.1, 0.15) is 6.17 Å². The monoisotopic (exact) mass is 282 g/mol. The summed E-state index contributed by atoms with van der Waals surface area (Å²) in [5.74, 6) is 1.99. The van der Waals surface area contributed by atoms with Crippen LogP contribution in [0.2, 0.25) is 0 Å². The maximum Gasteiger partial charge on any atom is 0.173 e. The summed E-state index contributed by atoms with van der Waals surface area (Å²) in [5, 5.41) is 0. The fraction of sp³-hybridized carbons (Fsp3) is 0.529. The lowest BCUT2D eigenvalue weighted by Gasteiger charge is -2.42. The van der Waals surface area contributed by atoms with Crippen molar-refractivity contribution in [3.05, 3.63) is 29.8 Å². The van der Waals surface area contributed by atoms with Crippen LogP contribution >= 0.6 is 0 Å². The molecule has 0 N–H and O–H groups in total. The van der Waals surface area contributed by atoms with E-state index in [0.717, 1.165) is 11.7 Å². The molecule has 2 fully saturated rings. The fourth-order valence-corrected chi connectivity index (χ4v) is 4.71. The van der Waals surface area contributed by atoms with Gasteiger partial charge in [-0.2, -0.15) is 0 Å². The highest BCUT2D eigenvalue weighted by Gasteiger charge is 2.73. The Morgan fingerprint density at radius 1 is 1.10 bits per heavy atom. The van der Waals surface area contributed by atoms with E-state index in [4.69, 9.17) is 0 Å². The number of hydrogen-bond donors (Lipinski definition) is 0. The molecule has 2 aliphatic heterocycles. The molecule has 4 heteroatoms. The molecule has 1 aromatic rings. The van der Waals surface area contributed by atoms with Crippen LogP contribution in [0.3, 0.4) is 0 Å². The Balaban J connectivity index is 2.01. The Kier molecular flexibility index (Phi) is 2.25. The summed E-state index contributed by atoms with van der Waals surface area (Å²) in [5.41, 5.74) is 3.27. The summed E-state index contributed by atoms with van der Waals surface area (Å²) in [6.07, 6.45) is 1.53. The van der Waals surface area contributed by atoms with E-state index in [1.807, 2.05) is 14.1 Å². The lowest BCUT2D eigenvalue weighted by Crippen LogP contribution is -2.50. The number of anilines is 1. The topological polar surface area (TPSA) is 31.2 Å². The molecule has 3 atom stereocenters. The summed E-state index contributed by atoms with van der Waals surface area (Å²) in [6.45, 7) is 4.81. The largest absolute Gasteiger partial charge is 0.336 e. The van der Waals surface area contributed by atoms with Crippen LogP contribution < -0.4 is 4.90 Å². The molecule has 3 unspecified atom stereocenters. The zero-order chi connectivity index (χ0) is 15.0. The van der Waals surface area contributed by atoms with Crippen LogP contribution in [0.1, 0.15) is 25.8 Å². The molecule has 1 aromatic carbocycles. The average molecular weight is 282 g/mol. The maximum atomic E-state index is 4.55. The van der Waals surface area contributed by atoms with Crippen molar-refractivity contribution in [1.82, 2.24) is 4.90 Å². The predicted octanol–water partition coefficient (Wildman–Crippen LogP) is 2.50. The van der Waals surface area contributed by atoms with Gasteiger partial charge in [0.05, 0.1) is 0 Å². The molecule has 1 aliphatic carbocycles. The lowest BCUT2D eigenvalue weighted by molar-refractivity contribution is 0.243. The minimum atomic E-state index is 0.248. The fourth-order valence-electron chi connectivity index (χ4n) is 4.71. The van der Waals surface area contributed by atoms with Crippen LogP contribution in [0.4, 0.5) is 5.69 Å². The molecule has 0 radical (unpaired) electrons. The van der Waals surface area contributed by atoms with E-state index in [1.54, 1.807) is 0 Å². The highest BCUT2D eigenvalue weighted by molar-refractivity contribution is 6.47. The molecule has 21 heavy (non-hydrogen) atoms. The number of rotatable bonds is 0. The number of benzene rings is 1. The number of hydrogen-bond acceptors (Lipinski definition) is 2. The molecular formula is C17H22N4. The van der Waals surface area contributed by atoms with Crippen molar-refractivity contribution >= 4 is 17.4 Å². The molecule has 0 aromatic heterocycles. The van der Waals surface area contributed by atoms with Crippen LogP contribution in [0.15, 0.2) is 34.3 Å². The van der Waals surface area contributed by atoms with Crippen LogP contribution in [0, 0.1) is 5.41 Å². The second kappa shape index (κ2) is 3.67. The van der Waals surface area contributed by atoms with Crippen molar-refractivity contribution < 1.29 is 0 Å². The van der Waals surface area contributed by atoms with Crippen LogP contribution in [-0.4, -0.2) is 43.9 Å². The van der Waals surface area contributed by atoms with Gasteiger partial charge in [0.2, 0.25) is 0 Å². The third kappa shape index (κ3) is 1.23. The number of likely N-dealkylation sites (N-methyl/N-ethyl adjacent to an activating group) is 1. The van der Waals surface area contributed by atoms with Gasteiger partial charge in [-0.25, -0.2) is 0 Å². The Labute approximate surface area is 126 Å². The van der Waals surface area contributed by atoms with Crippen molar-refractivity contribution in [2.45, 2.75) is 31.8 Å². The van der Waals surface area contributed by atoms with Crippen LogP contribution in [0.25, 0.3) is 0 Å². The minimum absolute atomic E-state index is 0.248. The Morgan fingerprint density at radius 2 is 1.76 bits per heavy atom. The van der Waals surface area contributed by atoms with Gasteiger partial charge >= 0.3 is 0 Å². The highest BCUT2D eigenvalue weighted by Crippen LogP contribution is 2.72. The number of fused-ring (bicyclic) bond motifs is 6. The van der Waals surface area contributed by atoms with Gasteiger partial charge < -0.3 is 9.80 Å². The molecule has 1 saturated carbocycles. The molecule has 0 spiro atoms. The van der Waals surface area contributed by atoms with Gasteiger partial charge in [-0.1, -0.05) is 32.0 Å². The van der Waals surface area contributed by atoms with E-state index in [-0.39, 0.29) is 10.8 Å². The van der Waals surface area contributed by atoms with Gasteiger partial charge in [-0.15, -0.1) is 0 Å². The summed E-state index contributed by atoms with van der Waals surface area (Å²) in [7, 11) is 5.87. The normalized spacial score (nSPS) is 40.3. The average Bonchev–Trinajstić information content (AvgIpc) is 2.94. The predicted molar refractivity (Wildman–Crippen MR) is 87.3 cm³/mol. The zero-order valence-corrected chi connectivity index (χ0v) is 13.4. The second-order valence-corrected chi connectivity index (χ2v) is 6.89. The molecule has 110 valence electrons. The van der Waals surface area contributed by atoms with Gasteiger partial charge in [0.25, 0.3) is 0 Å². The minimum Gasteiger partial charge on any atom is -0.336 e. The Hall–Kier alpha value is -1.84. The van der Waals surface area contributed by atoms with Gasteiger partial charge in [-0.3, -0.25) is 9.98 Å². The summed E-state index contributed by atoms with van der Waals surface area (Å²) in [4.78, 5) is 13.7. The van der Waals surface area contributed by atoms with E-state index < -0.39 is 0 Å². The van der Waals surface area contributed by atoms with Crippen molar-refractivity contribution in [3.8, 4) is 0 Å². The molecule has 0 amide bonds.